The highest BCUT2D eigenvalue weighted by atomic mass is 16.6. The molecule has 1 rings (SSSR count). The van der Waals surface area contributed by atoms with Crippen molar-refractivity contribution in [1.29, 1.82) is 0 Å². The summed E-state index contributed by atoms with van der Waals surface area (Å²) in [6.07, 6.45) is 5.61. The van der Waals surface area contributed by atoms with Crippen LogP contribution in [0.5, 0.6) is 0 Å². The molecule has 1 saturated heterocycles. The minimum absolute atomic E-state index is 0.306. The first-order chi connectivity index (χ1) is 16.8. The third kappa shape index (κ3) is 10.9. The minimum atomic E-state index is -1.41. The lowest BCUT2D eigenvalue weighted by atomic mass is 9.97. The van der Waals surface area contributed by atoms with Crippen LogP contribution in [0.4, 0.5) is 0 Å². The van der Waals surface area contributed by atoms with E-state index in [1.165, 1.54) is 44.9 Å². The van der Waals surface area contributed by atoms with Gasteiger partial charge in [0.2, 0.25) is 0 Å². The van der Waals surface area contributed by atoms with Gasteiger partial charge in [-0.3, -0.25) is 4.90 Å². The number of rotatable bonds is 20. The average Bonchev–Trinajstić information content (AvgIpc) is 2.86. The van der Waals surface area contributed by atoms with Crippen LogP contribution >= 0.6 is 0 Å². The highest BCUT2D eigenvalue weighted by molar-refractivity contribution is 4.92. The van der Waals surface area contributed by atoms with E-state index in [1.807, 2.05) is 4.90 Å². The van der Waals surface area contributed by atoms with Gasteiger partial charge in [-0.05, 0) is 27.2 Å². The molecule has 6 atom stereocenters. The van der Waals surface area contributed by atoms with Gasteiger partial charge in [-0.25, -0.2) is 0 Å². The van der Waals surface area contributed by atoms with Crippen molar-refractivity contribution in [2.75, 3.05) is 45.9 Å². The summed E-state index contributed by atoms with van der Waals surface area (Å²) < 4.78 is 6.65. The summed E-state index contributed by atoms with van der Waals surface area (Å²) in [6, 6.07) is 0. The second-order valence-electron chi connectivity index (χ2n) is 10.5. The quantitative estimate of drug-likeness (QED) is 0.127. The fourth-order valence-corrected chi connectivity index (χ4v) is 5.34. The van der Waals surface area contributed by atoms with Crippen LogP contribution in [0.1, 0.15) is 91.9 Å². The van der Waals surface area contributed by atoms with E-state index in [0.717, 1.165) is 43.4 Å². The Morgan fingerprint density at radius 2 is 1.26 bits per heavy atom. The van der Waals surface area contributed by atoms with E-state index < -0.39 is 43.4 Å². The van der Waals surface area contributed by atoms with Crippen molar-refractivity contribution in [2.24, 2.45) is 0 Å². The maximum Gasteiger partial charge on any atom is 0.140 e. The number of quaternary nitrogens is 1. The summed E-state index contributed by atoms with van der Waals surface area (Å²) in [5, 5.41) is 51.8. The molecule has 5 N–H and O–H groups in total. The Morgan fingerprint density at radius 3 is 1.74 bits per heavy atom. The maximum atomic E-state index is 11.0. The van der Waals surface area contributed by atoms with Crippen LogP contribution in [0.15, 0.2) is 0 Å². The molecule has 35 heavy (non-hydrogen) atoms. The van der Waals surface area contributed by atoms with Gasteiger partial charge >= 0.3 is 0 Å². The van der Waals surface area contributed by atoms with Crippen LogP contribution < -0.4 is 0 Å². The maximum absolute atomic E-state index is 11.0. The second-order valence-corrected chi connectivity index (χ2v) is 10.5. The molecule has 0 aromatic carbocycles. The molecular weight excluding hydrogens is 448 g/mol. The lowest BCUT2D eigenvalue weighted by Crippen LogP contribution is -2.64. The van der Waals surface area contributed by atoms with Crippen molar-refractivity contribution in [3.63, 3.8) is 0 Å². The van der Waals surface area contributed by atoms with E-state index in [4.69, 9.17) is 4.74 Å². The van der Waals surface area contributed by atoms with Gasteiger partial charge in [0.05, 0.1) is 26.2 Å². The van der Waals surface area contributed by atoms with Crippen molar-refractivity contribution >= 4 is 0 Å². The summed E-state index contributed by atoms with van der Waals surface area (Å²) in [5.74, 6) is 0. The van der Waals surface area contributed by atoms with E-state index >= 15 is 0 Å². The molecule has 1 fully saturated rings. The molecule has 1 heterocycles. The predicted molar refractivity (Wildman–Crippen MR) is 140 cm³/mol. The summed E-state index contributed by atoms with van der Waals surface area (Å²) in [7, 11) is 0. The molecule has 6 unspecified atom stereocenters. The molecule has 0 amide bonds. The van der Waals surface area contributed by atoms with Crippen molar-refractivity contribution in [2.45, 2.75) is 129 Å². The Morgan fingerprint density at radius 1 is 0.743 bits per heavy atom. The molecule has 0 saturated carbocycles. The molecule has 210 valence electrons. The van der Waals surface area contributed by atoms with Crippen LogP contribution in [-0.4, -0.2) is 118 Å². The largest absolute Gasteiger partial charge is 0.394 e. The van der Waals surface area contributed by atoms with Crippen molar-refractivity contribution in [3.8, 4) is 0 Å². The molecule has 0 bridgehead atoms. The summed E-state index contributed by atoms with van der Waals surface area (Å²) in [5.41, 5.74) is 0. The molecule has 0 radical (unpaired) electrons. The Balaban J connectivity index is 2.70. The van der Waals surface area contributed by atoms with E-state index in [9.17, 15) is 25.5 Å². The SMILES string of the molecule is CCCCCCCCCCCCN(CC(O)C[N+](CC)(CC)CC)C1OC(CO)C(O)C(O)C1O. The summed E-state index contributed by atoms with van der Waals surface area (Å²) >= 11 is 0. The third-order valence-electron chi connectivity index (χ3n) is 8.08. The highest BCUT2D eigenvalue weighted by Crippen LogP contribution is 2.25. The zero-order valence-corrected chi connectivity index (χ0v) is 23.0. The molecule has 0 aromatic rings. The number of hydrogen-bond acceptors (Lipinski definition) is 7. The van der Waals surface area contributed by atoms with Crippen LogP contribution in [0.25, 0.3) is 0 Å². The third-order valence-corrected chi connectivity index (χ3v) is 8.08. The van der Waals surface area contributed by atoms with Gasteiger partial charge in [0.15, 0.2) is 0 Å². The lowest BCUT2D eigenvalue weighted by Gasteiger charge is -2.45. The molecule has 8 heteroatoms. The standard InChI is InChI=1S/C27H57N2O6/c1-5-9-10-11-12-13-14-15-16-17-18-28(19-22(31)20-29(6-2,7-3)8-4)27-26(34)25(33)24(32)23(21-30)35-27/h22-27,30-34H,5-21H2,1-4H3/q+1. The predicted octanol–water partition coefficient (Wildman–Crippen LogP) is 2.25. The van der Waals surface area contributed by atoms with Gasteiger partial charge in [-0.15, -0.1) is 0 Å². The monoisotopic (exact) mass is 505 g/mol. The van der Waals surface area contributed by atoms with Gasteiger partial charge in [0, 0.05) is 13.1 Å². The number of unbranched alkanes of at least 4 members (excludes halogenated alkanes) is 9. The zero-order chi connectivity index (χ0) is 26.3. The van der Waals surface area contributed by atoms with Gasteiger partial charge in [0.25, 0.3) is 0 Å². The van der Waals surface area contributed by atoms with Crippen molar-refractivity contribution in [1.82, 2.24) is 4.90 Å². The first-order valence-electron chi connectivity index (χ1n) is 14.4. The Hall–Kier alpha value is -0.320. The fourth-order valence-electron chi connectivity index (χ4n) is 5.34. The Labute approximate surface area is 214 Å². The van der Waals surface area contributed by atoms with Crippen LogP contribution in [0, 0.1) is 0 Å². The minimum Gasteiger partial charge on any atom is -0.394 e. The molecule has 0 aliphatic carbocycles. The van der Waals surface area contributed by atoms with Crippen molar-refractivity contribution < 1.29 is 34.8 Å². The average molecular weight is 506 g/mol. The molecule has 0 aromatic heterocycles. The van der Waals surface area contributed by atoms with Crippen LogP contribution in [0.3, 0.4) is 0 Å². The molecule has 1 aliphatic rings. The zero-order valence-electron chi connectivity index (χ0n) is 23.0. The topological polar surface area (TPSA) is 114 Å². The molecule has 0 spiro atoms. The lowest BCUT2D eigenvalue weighted by molar-refractivity contribution is -0.926. The number of hydrogen-bond donors (Lipinski definition) is 5. The normalized spacial score (nSPS) is 26.4. The Bertz CT molecular complexity index is 512. The first kappa shape index (κ1) is 32.7. The Kier molecular flexibility index (Phi) is 16.8. The number of likely N-dealkylation sites (N-methyl/N-ethyl adjacent to an activating group) is 1. The van der Waals surface area contributed by atoms with E-state index in [0.29, 0.717) is 19.6 Å². The molecule has 1 aliphatic heterocycles. The van der Waals surface area contributed by atoms with E-state index in [2.05, 4.69) is 27.7 Å². The number of nitrogens with zero attached hydrogens (tertiary/aromatic N) is 2. The molecular formula is C27H57N2O6+. The smallest absolute Gasteiger partial charge is 0.140 e. The van der Waals surface area contributed by atoms with Gasteiger partial charge < -0.3 is 34.8 Å². The van der Waals surface area contributed by atoms with Gasteiger partial charge in [-0.2, -0.15) is 0 Å². The second kappa shape index (κ2) is 18.0. The number of aliphatic hydroxyl groups excluding tert-OH is 5. The van der Waals surface area contributed by atoms with E-state index in [1.54, 1.807) is 0 Å². The van der Waals surface area contributed by atoms with Crippen LogP contribution in [0.2, 0.25) is 0 Å². The number of ether oxygens (including phenoxy) is 1. The molecule has 8 nitrogen and oxygen atoms in total. The van der Waals surface area contributed by atoms with Crippen molar-refractivity contribution in [3.05, 3.63) is 0 Å². The first-order valence-corrected chi connectivity index (χ1v) is 14.4. The fraction of sp³-hybridized carbons (Fsp3) is 1.00. The van der Waals surface area contributed by atoms with Crippen LogP contribution in [-0.2, 0) is 4.74 Å². The summed E-state index contributed by atoms with van der Waals surface area (Å²) in [4.78, 5) is 1.90. The van der Waals surface area contributed by atoms with E-state index in [-0.39, 0.29) is 0 Å². The number of aliphatic hydroxyl groups is 5. The van der Waals surface area contributed by atoms with Gasteiger partial charge in [-0.1, -0.05) is 64.7 Å². The summed E-state index contributed by atoms with van der Waals surface area (Å²) in [6.45, 7) is 12.5. The highest BCUT2D eigenvalue weighted by Gasteiger charge is 2.46. The van der Waals surface area contributed by atoms with Gasteiger partial charge in [0.1, 0.15) is 43.3 Å².